The second-order valence-corrected chi connectivity index (χ2v) is 15.6. The van der Waals surface area contributed by atoms with Crippen molar-refractivity contribution in [2.45, 2.75) is 167 Å². The lowest BCUT2D eigenvalue weighted by Crippen LogP contribution is -2.62. The fraction of sp³-hybridized carbons (Fsp3) is 0.914. The van der Waals surface area contributed by atoms with Crippen LogP contribution < -0.4 is 0 Å². The van der Waals surface area contributed by atoms with E-state index in [1.54, 1.807) is 6.08 Å². The van der Waals surface area contributed by atoms with Gasteiger partial charge in [-0.25, -0.2) is 0 Å². The molecular formula is C35H58O6. The van der Waals surface area contributed by atoms with Gasteiger partial charge in [0.05, 0.1) is 22.9 Å². The lowest BCUT2D eigenvalue weighted by molar-refractivity contribution is -0.160. The molecule has 4 N–H and O–H groups in total. The number of fused-ring (bicyclic) bond motifs is 5. The number of rotatable bonds is 11. The van der Waals surface area contributed by atoms with E-state index < -0.39 is 40.5 Å². The standard InChI is InChI=1S/C35H58O6/c1-7-9-10-11-16-33-18-12-23(36)20-26(33)27(37)21-25-24(33)13-17-31(5)28(14-19-35(25,31)40)34(39,15-8-2)30-29(41-30)32(6,38)22(3)4/h21-24,26,28-30,36,38-40H,7-20H2,1-6H3/t23-,24-,26-,28-,29-,30-,31+,32+,33+,34+,35+/m0/s1. The Hall–Kier alpha value is -0.790. The van der Waals surface area contributed by atoms with E-state index in [0.717, 1.165) is 56.9 Å². The number of aliphatic hydroxyl groups is 4. The molecule has 0 spiro atoms. The number of hydrogen-bond donors (Lipinski definition) is 4. The maximum atomic E-state index is 13.9. The molecule has 0 amide bonds. The highest BCUT2D eigenvalue weighted by Gasteiger charge is 2.73. The summed E-state index contributed by atoms with van der Waals surface area (Å²) in [6.45, 7) is 12.2. The zero-order chi connectivity index (χ0) is 30.0. The average molecular weight is 575 g/mol. The SMILES string of the molecule is CCCCCC[C@]12CC[C@H](O)C[C@H]1C(=O)C=C1[C@@H]2CC[C@]2(C)[C@@H]([C@](O)(CCC)[C@H]3O[C@@H]3[C@](C)(O)C(C)C)CC[C@@]12O. The van der Waals surface area contributed by atoms with Gasteiger partial charge in [0, 0.05) is 11.3 Å². The van der Waals surface area contributed by atoms with Crippen LogP contribution in [0.2, 0.25) is 0 Å². The van der Waals surface area contributed by atoms with E-state index in [0.29, 0.717) is 25.7 Å². The molecule has 1 aliphatic heterocycles. The first kappa shape index (κ1) is 31.6. The number of carbonyl (C=O) groups excluding carboxylic acids is 1. The Morgan fingerprint density at radius 1 is 1.00 bits per heavy atom. The third-order valence-corrected chi connectivity index (χ3v) is 13.3. The molecule has 11 atom stereocenters. The molecule has 0 bridgehead atoms. The van der Waals surface area contributed by atoms with E-state index in [2.05, 4.69) is 20.8 Å². The summed E-state index contributed by atoms with van der Waals surface area (Å²) in [6.07, 6.45) is 12.4. The molecule has 4 aliphatic carbocycles. The van der Waals surface area contributed by atoms with Gasteiger partial charge in [0.15, 0.2) is 5.78 Å². The Balaban J connectivity index is 1.49. The Labute approximate surface area is 248 Å². The van der Waals surface area contributed by atoms with Crippen LogP contribution >= 0.6 is 0 Å². The number of hydrogen-bond acceptors (Lipinski definition) is 6. The Kier molecular flexibility index (Phi) is 8.47. The van der Waals surface area contributed by atoms with E-state index in [4.69, 9.17) is 4.74 Å². The molecule has 1 heterocycles. The van der Waals surface area contributed by atoms with Crippen LogP contribution in [0.5, 0.6) is 0 Å². The molecule has 234 valence electrons. The van der Waals surface area contributed by atoms with Crippen LogP contribution in [0.4, 0.5) is 0 Å². The fourth-order valence-electron chi connectivity index (χ4n) is 10.4. The Bertz CT molecular complexity index is 1020. The van der Waals surface area contributed by atoms with Gasteiger partial charge < -0.3 is 25.2 Å². The van der Waals surface area contributed by atoms with E-state index in [9.17, 15) is 25.2 Å². The molecule has 3 saturated carbocycles. The van der Waals surface area contributed by atoms with Crippen molar-refractivity contribution in [3.8, 4) is 0 Å². The van der Waals surface area contributed by atoms with E-state index in [1.165, 1.54) is 12.8 Å². The molecule has 6 heteroatoms. The predicted molar refractivity (Wildman–Crippen MR) is 160 cm³/mol. The zero-order valence-corrected chi connectivity index (χ0v) is 26.6. The maximum Gasteiger partial charge on any atom is 0.159 e. The van der Waals surface area contributed by atoms with Gasteiger partial charge in [0.2, 0.25) is 0 Å². The highest BCUT2D eigenvalue weighted by atomic mass is 16.6. The normalized spacial score (nSPS) is 44.9. The number of aliphatic hydroxyl groups excluding tert-OH is 1. The molecule has 41 heavy (non-hydrogen) atoms. The van der Waals surface area contributed by atoms with Crippen LogP contribution in [0.3, 0.4) is 0 Å². The number of unbranched alkanes of at least 4 members (excludes halogenated alkanes) is 3. The summed E-state index contributed by atoms with van der Waals surface area (Å²) in [5.41, 5.74) is -3.21. The molecule has 0 radical (unpaired) electrons. The summed E-state index contributed by atoms with van der Waals surface area (Å²) in [5.74, 6) is -0.135. The number of allylic oxidation sites excluding steroid dienone is 1. The molecule has 0 unspecified atom stereocenters. The van der Waals surface area contributed by atoms with Crippen LogP contribution in [0.15, 0.2) is 11.6 Å². The maximum absolute atomic E-state index is 13.9. The van der Waals surface area contributed by atoms with Crippen LogP contribution in [0.25, 0.3) is 0 Å². The second kappa shape index (κ2) is 11.0. The summed E-state index contributed by atoms with van der Waals surface area (Å²) >= 11 is 0. The van der Waals surface area contributed by atoms with Gasteiger partial charge in [0.25, 0.3) is 0 Å². The molecule has 5 aliphatic rings. The first-order valence-electron chi connectivity index (χ1n) is 17.0. The number of epoxide rings is 1. The van der Waals surface area contributed by atoms with Gasteiger partial charge in [-0.15, -0.1) is 0 Å². The smallest absolute Gasteiger partial charge is 0.159 e. The van der Waals surface area contributed by atoms with Gasteiger partial charge in [-0.1, -0.05) is 66.7 Å². The van der Waals surface area contributed by atoms with Gasteiger partial charge in [-0.2, -0.15) is 0 Å². The molecule has 0 aromatic carbocycles. The molecule has 5 rings (SSSR count). The highest BCUT2D eigenvalue weighted by molar-refractivity contribution is 5.95. The minimum atomic E-state index is -1.15. The number of carbonyl (C=O) groups is 1. The largest absolute Gasteiger partial charge is 0.393 e. The number of ketones is 1. The average Bonchev–Trinajstić information content (AvgIpc) is 3.68. The number of ether oxygens (including phenoxy) is 1. The second-order valence-electron chi connectivity index (χ2n) is 15.6. The van der Waals surface area contributed by atoms with Crippen molar-refractivity contribution in [2.24, 2.45) is 34.5 Å². The topological polar surface area (TPSA) is 111 Å². The van der Waals surface area contributed by atoms with Crippen molar-refractivity contribution in [3.05, 3.63) is 11.6 Å². The van der Waals surface area contributed by atoms with E-state index in [-0.39, 0.29) is 34.9 Å². The molecule has 0 aromatic rings. The first-order valence-corrected chi connectivity index (χ1v) is 17.0. The van der Waals surface area contributed by atoms with Crippen molar-refractivity contribution < 1.29 is 30.0 Å². The zero-order valence-electron chi connectivity index (χ0n) is 26.6. The summed E-state index contributed by atoms with van der Waals surface area (Å²) in [6, 6.07) is 0. The Morgan fingerprint density at radius 3 is 2.39 bits per heavy atom. The quantitative estimate of drug-likeness (QED) is 0.181. The predicted octanol–water partition coefficient (Wildman–Crippen LogP) is 5.88. The van der Waals surface area contributed by atoms with Crippen LogP contribution in [-0.2, 0) is 9.53 Å². The molecule has 0 aromatic heterocycles. The van der Waals surface area contributed by atoms with Crippen molar-refractivity contribution in [1.82, 2.24) is 0 Å². The van der Waals surface area contributed by atoms with Crippen LogP contribution in [0.1, 0.15) is 131 Å². The lowest BCUT2D eigenvalue weighted by Gasteiger charge is -2.61. The summed E-state index contributed by atoms with van der Waals surface area (Å²) in [5, 5.41) is 47.1. The first-order chi connectivity index (χ1) is 19.2. The van der Waals surface area contributed by atoms with Crippen LogP contribution in [-0.4, -0.2) is 61.3 Å². The van der Waals surface area contributed by atoms with Crippen molar-refractivity contribution in [2.75, 3.05) is 0 Å². The third kappa shape index (κ3) is 4.72. The van der Waals surface area contributed by atoms with E-state index in [1.807, 2.05) is 20.8 Å². The molecule has 6 nitrogen and oxygen atoms in total. The monoisotopic (exact) mass is 574 g/mol. The minimum Gasteiger partial charge on any atom is -0.393 e. The summed E-state index contributed by atoms with van der Waals surface area (Å²) in [4.78, 5) is 13.9. The van der Waals surface area contributed by atoms with Crippen molar-refractivity contribution >= 4 is 5.78 Å². The third-order valence-electron chi connectivity index (χ3n) is 13.3. The molecule has 4 fully saturated rings. The highest BCUT2D eigenvalue weighted by Crippen LogP contribution is 2.70. The fourth-order valence-corrected chi connectivity index (χ4v) is 10.4. The van der Waals surface area contributed by atoms with Gasteiger partial charge >= 0.3 is 0 Å². The van der Waals surface area contributed by atoms with Crippen molar-refractivity contribution in [3.63, 3.8) is 0 Å². The Morgan fingerprint density at radius 2 is 1.73 bits per heavy atom. The summed E-state index contributed by atoms with van der Waals surface area (Å²) in [7, 11) is 0. The molecule has 1 saturated heterocycles. The van der Waals surface area contributed by atoms with Gasteiger partial charge in [0.1, 0.15) is 12.2 Å². The van der Waals surface area contributed by atoms with Crippen LogP contribution in [0, 0.1) is 34.5 Å². The lowest BCUT2D eigenvalue weighted by atomic mass is 9.44. The van der Waals surface area contributed by atoms with Crippen molar-refractivity contribution in [1.29, 1.82) is 0 Å². The van der Waals surface area contributed by atoms with Gasteiger partial charge in [-0.05, 0) is 99.5 Å². The van der Waals surface area contributed by atoms with E-state index >= 15 is 0 Å². The molecular weight excluding hydrogens is 516 g/mol. The minimum absolute atomic E-state index is 0.0104. The summed E-state index contributed by atoms with van der Waals surface area (Å²) < 4.78 is 6.14. The van der Waals surface area contributed by atoms with Gasteiger partial charge in [-0.3, -0.25) is 4.79 Å².